The standard InChI is InChI=1S/C21H24N2O/c1-3-7-17(8-4-1)16-24-21-13-19-15-23(12-11-18(19)14-22-21)20-9-5-2-6-10-20/h1,3-4,7-8,11-14,20H,2,5-6,9-10,15-16H2. The number of hydrogen-bond donors (Lipinski definition) is 0. The van der Waals surface area contributed by atoms with Crippen LogP contribution < -0.4 is 4.74 Å². The summed E-state index contributed by atoms with van der Waals surface area (Å²) in [6, 6.07) is 13.0. The lowest BCUT2D eigenvalue weighted by atomic mass is 9.93. The second kappa shape index (κ2) is 7.08. The molecule has 0 spiro atoms. The predicted molar refractivity (Wildman–Crippen MR) is 96.5 cm³/mol. The number of aromatic nitrogens is 1. The van der Waals surface area contributed by atoms with E-state index < -0.39 is 0 Å². The highest BCUT2D eigenvalue weighted by Gasteiger charge is 2.22. The summed E-state index contributed by atoms with van der Waals surface area (Å²) in [5.41, 5.74) is 3.70. The van der Waals surface area contributed by atoms with E-state index >= 15 is 0 Å². The van der Waals surface area contributed by atoms with Crippen molar-refractivity contribution < 1.29 is 4.74 Å². The van der Waals surface area contributed by atoms with Crippen molar-refractivity contribution in [3.8, 4) is 5.88 Å². The Labute approximate surface area is 144 Å². The summed E-state index contributed by atoms with van der Waals surface area (Å²) in [4.78, 5) is 6.96. The number of hydrogen-bond acceptors (Lipinski definition) is 3. The molecule has 1 aromatic carbocycles. The van der Waals surface area contributed by atoms with E-state index in [1.807, 2.05) is 24.4 Å². The Balaban J connectivity index is 1.44. The molecule has 0 amide bonds. The summed E-state index contributed by atoms with van der Waals surface area (Å²) in [6.45, 7) is 1.54. The number of ether oxygens (including phenoxy) is 1. The van der Waals surface area contributed by atoms with Crippen molar-refractivity contribution in [1.82, 2.24) is 9.88 Å². The lowest BCUT2D eigenvalue weighted by Crippen LogP contribution is -2.33. The molecule has 3 heteroatoms. The highest BCUT2D eigenvalue weighted by molar-refractivity contribution is 5.55. The molecular weight excluding hydrogens is 296 g/mol. The van der Waals surface area contributed by atoms with Crippen molar-refractivity contribution in [3.05, 3.63) is 65.5 Å². The van der Waals surface area contributed by atoms with Crippen molar-refractivity contribution in [1.29, 1.82) is 0 Å². The van der Waals surface area contributed by atoms with Gasteiger partial charge in [0.2, 0.25) is 5.88 Å². The van der Waals surface area contributed by atoms with E-state index in [1.165, 1.54) is 48.8 Å². The summed E-state index contributed by atoms with van der Waals surface area (Å²) < 4.78 is 5.89. The zero-order valence-electron chi connectivity index (χ0n) is 14.0. The molecule has 1 aliphatic heterocycles. The maximum atomic E-state index is 5.89. The minimum atomic E-state index is 0.564. The van der Waals surface area contributed by atoms with Gasteiger partial charge in [-0.05, 0) is 35.6 Å². The first-order chi connectivity index (χ1) is 11.9. The highest BCUT2D eigenvalue weighted by atomic mass is 16.5. The number of benzene rings is 1. The molecule has 0 bridgehead atoms. The summed E-state index contributed by atoms with van der Waals surface area (Å²) in [6.07, 6.45) is 13.2. The number of rotatable bonds is 4. The number of pyridine rings is 1. The van der Waals surface area contributed by atoms with Crippen molar-refractivity contribution in [2.24, 2.45) is 0 Å². The van der Waals surface area contributed by atoms with Gasteiger partial charge in [-0.3, -0.25) is 0 Å². The van der Waals surface area contributed by atoms with Crippen LogP contribution in [0.2, 0.25) is 0 Å². The van der Waals surface area contributed by atoms with Gasteiger partial charge < -0.3 is 9.64 Å². The summed E-state index contributed by atoms with van der Waals surface area (Å²) >= 11 is 0. The van der Waals surface area contributed by atoms with E-state index in [1.54, 1.807) is 0 Å². The average Bonchev–Trinajstić information content (AvgIpc) is 2.67. The number of nitrogens with zero attached hydrogens (tertiary/aromatic N) is 2. The molecule has 2 aromatic rings. The van der Waals surface area contributed by atoms with Gasteiger partial charge in [0.05, 0.1) is 0 Å². The van der Waals surface area contributed by atoms with Crippen LogP contribution in [0.25, 0.3) is 6.08 Å². The summed E-state index contributed by atoms with van der Waals surface area (Å²) in [5.74, 6) is 0.719. The minimum absolute atomic E-state index is 0.564. The zero-order chi connectivity index (χ0) is 16.2. The van der Waals surface area contributed by atoms with Crippen molar-refractivity contribution in [3.63, 3.8) is 0 Å². The molecule has 1 aromatic heterocycles. The van der Waals surface area contributed by atoms with E-state index in [0.29, 0.717) is 12.6 Å². The van der Waals surface area contributed by atoms with E-state index in [4.69, 9.17) is 4.74 Å². The van der Waals surface area contributed by atoms with Gasteiger partial charge in [0.15, 0.2) is 0 Å². The van der Waals surface area contributed by atoms with Crippen molar-refractivity contribution >= 4 is 6.08 Å². The molecule has 3 nitrogen and oxygen atoms in total. The lowest BCUT2D eigenvalue weighted by molar-refractivity contribution is 0.209. The Morgan fingerprint density at radius 1 is 1.08 bits per heavy atom. The van der Waals surface area contributed by atoms with Gasteiger partial charge in [0.1, 0.15) is 6.61 Å². The fourth-order valence-electron chi connectivity index (χ4n) is 3.67. The second-order valence-corrected chi connectivity index (χ2v) is 6.78. The zero-order valence-corrected chi connectivity index (χ0v) is 14.0. The van der Waals surface area contributed by atoms with Crippen LogP contribution in [0.15, 0.2) is 48.8 Å². The van der Waals surface area contributed by atoms with Crippen LogP contribution in [0.3, 0.4) is 0 Å². The Hall–Kier alpha value is -2.29. The largest absolute Gasteiger partial charge is 0.473 e. The lowest BCUT2D eigenvalue weighted by Gasteiger charge is -2.35. The monoisotopic (exact) mass is 320 g/mol. The summed E-state index contributed by atoms with van der Waals surface area (Å²) in [7, 11) is 0. The van der Waals surface area contributed by atoms with Gasteiger partial charge >= 0.3 is 0 Å². The van der Waals surface area contributed by atoms with Gasteiger partial charge in [-0.15, -0.1) is 0 Å². The van der Waals surface area contributed by atoms with E-state index in [0.717, 1.165) is 12.4 Å². The number of fused-ring (bicyclic) bond motifs is 1. The Kier molecular flexibility index (Phi) is 4.50. The predicted octanol–water partition coefficient (Wildman–Crippen LogP) is 4.78. The SMILES string of the molecule is C1=CN(C2CCCCC2)Cc2cc(OCc3ccccc3)ncc21. The highest BCUT2D eigenvalue weighted by Crippen LogP contribution is 2.29. The molecule has 24 heavy (non-hydrogen) atoms. The molecule has 2 aliphatic rings. The molecule has 0 atom stereocenters. The first-order valence-corrected chi connectivity index (χ1v) is 8.98. The molecule has 124 valence electrons. The van der Waals surface area contributed by atoms with Crippen LogP contribution in [0.5, 0.6) is 5.88 Å². The van der Waals surface area contributed by atoms with Crippen LogP contribution in [0, 0.1) is 0 Å². The Bertz CT molecular complexity index is 705. The molecule has 1 saturated carbocycles. The van der Waals surface area contributed by atoms with Crippen LogP contribution in [0.1, 0.15) is 48.8 Å². The topological polar surface area (TPSA) is 25.4 Å². The molecule has 0 saturated heterocycles. The van der Waals surface area contributed by atoms with Gasteiger partial charge in [0, 0.05) is 31.0 Å². The van der Waals surface area contributed by atoms with E-state index in [9.17, 15) is 0 Å². The smallest absolute Gasteiger partial charge is 0.213 e. The molecule has 1 fully saturated rings. The van der Waals surface area contributed by atoms with Crippen LogP contribution in [-0.2, 0) is 13.2 Å². The third-order valence-corrected chi connectivity index (χ3v) is 5.07. The first kappa shape index (κ1) is 15.3. The quantitative estimate of drug-likeness (QED) is 0.810. The molecule has 2 heterocycles. The molecule has 0 N–H and O–H groups in total. The van der Waals surface area contributed by atoms with Gasteiger partial charge in [-0.1, -0.05) is 49.6 Å². The van der Waals surface area contributed by atoms with E-state index in [2.05, 4.69) is 40.4 Å². The summed E-state index contributed by atoms with van der Waals surface area (Å²) in [5, 5.41) is 0. The molecule has 4 rings (SSSR count). The molecule has 1 aliphatic carbocycles. The second-order valence-electron chi connectivity index (χ2n) is 6.78. The van der Waals surface area contributed by atoms with Crippen LogP contribution in [0.4, 0.5) is 0 Å². The van der Waals surface area contributed by atoms with Crippen LogP contribution >= 0.6 is 0 Å². The van der Waals surface area contributed by atoms with Crippen molar-refractivity contribution in [2.75, 3.05) is 0 Å². The Morgan fingerprint density at radius 3 is 2.75 bits per heavy atom. The fourth-order valence-corrected chi connectivity index (χ4v) is 3.67. The van der Waals surface area contributed by atoms with Gasteiger partial charge in [-0.25, -0.2) is 4.98 Å². The maximum absolute atomic E-state index is 5.89. The third-order valence-electron chi connectivity index (χ3n) is 5.07. The fraction of sp³-hybridized carbons (Fsp3) is 0.381. The molecule has 0 radical (unpaired) electrons. The van der Waals surface area contributed by atoms with Crippen LogP contribution in [-0.4, -0.2) is 15.9 Å². The minimum Gasteiger partial charge on any atom is -0.473 e. The van der Waals surface area contributed by atoms with Gasteiger partial charge in [-0.2, -0.15) is 0 Å². The first-order valence-electron chi connectivity index (χ1n) is 8.98. The Morgan fingerprint density at radius 2 is 1.92 bits per heavy atom. The normalized spacial score (nSPS) is 17.6. The average molecular weight is 320 g/mol. The van der Waals surface area contributed by atoms with Gasteiger partial charge in [0.25, 0.3) is 0 Å². The third kappa shape index (κ3) is 3.45. The molecular formula is C21H24N2O. The van der Waals surface area contributed by atoms with Crippen molar-refractivity contribution in [2.45, 2.75) is 51.3 Å². The van der Waals surface area contributed by atoms with E-state index in [-0.39, 0.29) is 0 Å². The maximum Gasteiger partial charge on any atom is 0.213 e. The molecule has 0 unspecified atom stereocenters.